The summed E-state index contributed by atoms with van der Waals surface area (Å²) < 4.78 is 13.3. The molecule has 1 heterocycles. The van der Waals surface area contributed by atoms with Crippen molar-refractivity contribution in [1.29, 1.82) is 0 Å². The molecule has 1 aliphatic carbocycles. The molecule has 20 heavy (non-hydrogen) atoms. The zero-order valence-corrected chi connectivity index (χ0v) is 11.7. The fraction of sp³-hybridized carbons (Fsp3) is 0.286. The van der Waals surface area contributed by atoms with E-state index in [0.717, 1.165) is 11.3 Å². The molecule has 1 atom stereocenters. The number of carboxylic acid groups (broad SMARTS) is 1. The molecule has 0 spiro atoms. The fourth-order valence-corrected chi connectivity index (χ4v) is 3.51. The maximum Gasteiger partial charge on any atom is 0.312 e. The van der Waals surface area contributed by atoms with Crippen molar-refractivity contribution in [2.45, 2.75) is 18.8 Å². The lowest BCUT2D eigenvalue weighted by Gasteiger charge is -2.16. The summed E-state index contributed by atoms with van der Waals surface area (Å²) >= 11 is 1.48. The summed E-state index contributed by atoms with van der Waals surface area (Å²) in [4.78, 5) is 18.4. The van der Waals surface area contributed by atoms with Crippen LogP contribution in [0.2, 0.25) is 0 Å². The molecule has 0 fully saturated rings. The van der Waals surface area contributed by atoms with Gasteiger partial charge in [0.15, 0.2) is 5.13 Å². The van der Waals surface area contributed by atoms with E-state index in [0.29, 0.717) is 22.9 Å². The molecule has 3 rings (SSSR count). The van der Waals surface area contributed by atoms with Crippen LogP contribution in [-0.2, 0) is 11.2 Å². The fourth-order valence-electron chi connectivity index (χ4n) is 2.39. The number of aryl methyl sites for hydroxylation is 1. The summed E-state index contributed by atoms with van der Waals surface area (Å²) in [6.07, 6.45) is 1.37. The third kappa shape index (κ3) is 2.16. The van der Waals surface area contributed by atoms with Crippen molar-refractivity contribution in [3.05, 3.63) is 40.7 Å². The molecular weight excluding hydrogens is 279 g/mol. The number of carbonyl (C=O) groups is 1. The first kappa shape index (κ1) is 13.1. The van der Waals surface area contributed by atoms with Crippen LogP contribution >= 0.6 is 11.3 Å². The molecule has 1 aromatic heterocycles. The van der Waals surface area contributed by atoms with E-state index in [2.05, 4.69) is 4.98 Å². The Balaban J connectivity index is 1.93. The Morgan fingerprint density at radius 2 is 2.35 bits per heavy atom. The first-order valence-electron chi connectivity index (χ1n) is 6.28. The minimum absolute atomic E-state index is 0.304. The Bertz CT molecular complexity index is 671. The van der Waals surface area contributed by atoms with Crippen molar-refractivity contribution in [1.82, 2.24) is 4.98 Å². The molecule has 0 saturated carbocycles. The minimum Gasteiger partial charge on any atom is -0.481 e. The number of benzene rings is 1. The molecule has 4 nitrogen and oxygen atoms in total. The van der Waals surface area contributed by atoms with Crippen molar-refractivity contribution < 1.29 is 14.3 Å². The molecule has 2 aromatic rings. The number of hydrogen-bond acceptors (Lipinski definition) is 4. The van der Waals surface area contributed by atoms with Gasteiger partial charge in [-0.2, -0.15) is 0 Å². The Morgan fingerprint density at radius 1 is 1.55 bits per heavy atom. The van der Waals surface area contributed by atoms with Gasteiger partial charge < -0.3 is 10.0 Å². The molecule has 1 N–H and O–H groups in total. The van der Waals surface area contributed by atoms with Gasteiger partial charge >= 0.3 is 5.97 Å². The van der Waals surface area contributed by atoms with E-state index in [9.17, 15) is 9.18 Å². The Kier molecular flexibility index (Phi) is 3.17. The predicted octanol–water partition coefficient (Wildman–Crippen LogP) is 3.16. The first-order chi connectivity index (χ1) is 9.56. The molecule has 1 aliphatic rings. The summed E-state index contributed by atoms with van der Waals surface area (Å²) in [5, 5.41) is 9.86. The van der Waals surface area contributed by atoms with Crippen LogP contribution in [0.4, 0.5) is 15.2 Å². The lowest BCUT2D eigenvalue weighted by molar-refractivity contribution is -0.138. The zero-order chi connectivity index (χ0) is 14.3. The van der Waals surface area contributed by atoms with E-state index in [1.165, 1.54) is 23.5 Å². The number of rotatable bonds is 3. The van der Waals surface area contributed by atoms with Gasteiger partial charge in [0.05, 0.1) is 5.69 Å². The van der Waals surface area contributed by atoms with Crippen molar-refractivity contribution >= 4 is 28.1 Å². The number of halogens is 1. The van der Waals surface area contributed by atoms with Crippen LogP contribution in [0.5, 0.6) is 0 Å². The van der Waals surface area contributed by atoms with E-state index >= 15 is 0 Å². The maximum absolute atomic E-state index is 13.3. The SMILES string of the molecule is CN(c1cccc(F)c1)c1nc2c(s1)CCC2C(=O)O. The van der Waals surface area contributed by atoms with E-state index in [1.54, 1.807) is 24.1 Å². The zero-order valence-electron chi connectivity index (χ0n) is 10.8. The second-order valence-corrected chi connectivity index (χ2v) is 5.84. The number of fused-ring (bicyclic) bond motifs is 1. The third-order valence-electron chi connectivity index (χ3n) is 3.49. The lowest BCUT2D eigenvalue weighted by Crippen LogP contribution is -2.12. The highest BCUT2D eigenvalue weighted by molar-refractivity contribution is 7.15. The minimum atomic E-state index is -0.825. The second kappa shape index (κ2) is 4.86. The normalized spacial score (nSPS) is 17.0. The number of nitrogens with zero attached hydrogens (tertiary/aromatic N) is 2. The average Bonchev–Trinajstić information content (AvgIpc) is 2.96. The van der Waals surface area contributed by atoms with Crippen molar-refractivity contribution in [2.75, 3.05) is 11.9 Å². The van der Waals surface area contributed by atoms with Crippen LogP contribution in [-0.4, -0.2) is 23.1 Å². The summed E-state index contributed by atoms with van der Waals surface area (Å²) in [6.45, 7) is 0. The van der Waals surface area contributed by atoms with Crippen LogP contribution in [0, 0.1) is 5.82 Å². The van der Waals surface area contributed by atoms with Gasteiger partial charge in [0.25, 0.3) is 0 Å². The predicted molar refractivity (Wildman–Crippen MR) is 75.3 cm³/mol. The van der Waals surface area contributed by atoms with Crippen LogP contribution in [0.1, 0.15) is 22.9 Å². The summed E-state index contributed by atoms with van der Waals surface area (Å²) in [7, 11) is 1.80. The van der Waals surface area contributed by atoms with Crippen LogP contribution < -0.4 is 4.90 Å². The van der Waals surface area contributed by atoms with Gasteiger partial charge in [-0.1, -0.05) is 6.07 Å². The number of hydrogen-bond donors (Lipinski definition) is 1. The van der Waals surface area contributed by atoms with Gasteiger partial charge in [0.1, 0.15) is 11.7 Å². The van der Waals surface area contributed by atoms with E-state index in [4.69, 9.17) is 5.11 Å². The average molecular weight is 292 g/mol. The highest BCUT2D eigenvalue weighted by Crippen LogP contribution is 2.40. The van der Waals surface area contributed by atoms with Gasteiger partial charge in [-0.3, -0.25) is 4.79 Å². The third-order valence-corrected chi connectivity index (χ3v) is 4.69. The summed E-state index contributed by atoms with van der Waals surface area (Å²) in [6, 6.07) is 6.26. The quantitative estimate of drug-likeness (QED) is 0.944. The van der Waals surface area contributed by atoms with Gasteiger partial charge in [-0.05, 0) is 31.0 Å². The van der Waals surface area contributed by atoms with Crippen molar-refractivity contribution in [2.24, 2.45) is 0 Å². The molecule has 0 amide bonds. The molecule has 0 saturated heterocycles. The van der Waals surface area contributed by atoms with Crippen molar-refractivity contribution in [3.8, 4) is 0 Å². The smallest absolute Gasteiger partial charge is 0.312 e. The molecular formula is C14H13FN2O2S. The standard InChI is InChI=1S/C14H13FN2O2S/c1-17(9-4-2-3-8(15)7-9)14-16-12-10(13(18)19)5-6-11(12)20-14/h2-4,7,10H,5-6H2,1H3,(H,18,19). The number of aromatic nitrogens is 1. The van der Waals surface area contributed by atoms with Crippen LogP contribution in [0.15, 0.2) is 24.3 Å². The monoisotopic (exact) mass is 292 g/mol. The number of thiazole rings is 1. The van der Waals surface area contributed by atoms with Gasteiger partial charge in [-0.25, -0.2) is 9.37 Å². The topological polar surface area (TPSA) is 53.4 Å². The second-order valence-electron chi connectivity index (χ2n) is 4.77. The van der Waals surface area contributed by atoms with Gasteiger partial charge in [0, 0.05) is 17.6 Å². The molecule has 0 radical (unpaired) electrons. The van der Waals surface area contributed by atoms with Crippen LogP contribution in [0.25, 0.3) is 0 Å². The molecule has 0 bridgehead atoms. The molecule has 6 heteroatoms. The summed E-state index contributed by atoms with van der Waals surface area (Å²) in [5.41, 5.74) is 1.37. The largest absolute Gasteiger partial charge is 0.481 e. The van der Waals surface area contributed by atoms with E-state index in [1.807, 2.05) is 0 Å². The molecule has 0 aliphatic heterocycles. The summed E-state index contributed by atoms with van der Waals surface area (Å²) in [5.74, 6) is -1.63. The van der Waals surface area contributed by atoms with Gasteiger partial charge in [-0.15, -0.1) is 11.3 Å². The Labute approximate surface area is 119 Å². The molecule has 104 valence electrons. The number of anilines is 2. The van der Waals surface area contributed by atoms with Crippen LogP contribution in [0.3, 0.4) is 0 Å². The maximum atomic E-state index is 13.3. The highest BCUT2D eigenvalue weighted by atomic mass is 32.1. The van der Waals surface area contributed by atoms with E-state index in [-0.39, 0.29) is 5.82 Å². The Hall–Kier alpha value is -1.95. The van der Waals surface area contributed by atoms with E-state index < -0.39 is 11.9 Å². The first-order valence-corrected chi connectivity index (χ1v) is 7.09. The lowest BCUT2D eigenvalue weighted by atomic mass is 10.1. The number of aliphatic carboxylic acids is 1. The van der Waals surface area contributed by atoms with Crippen molar-refractivity contribution in [3.63, 3.8) is 0 Å². The molecule has 1 aromatic carbocycles. The number of carboxylic acids is 1. The molecule has 1 unspecified atom stereocenters. The van der Waals surface area contributed by atoms with Gasteiger partial charge in [0.2, 0.25) is 0 Å². The Morgan fingerprint density at radius 3 is 3.05 bits per heavy atom. The highest BCUT2D eigenvalue weighted by Gasteiger charge is 2.33.